The van der Waals surface area contributed by atoms with Crippen molar-refractivity contribution in [1.82, 2.24) is 15.0 Å². The summed E-state index contributed by atoms with van der Waals surface area (Å²) in [6.07, 6.45) is 8.60. The smallest absolute Gasteiger partial charge is 0.164 e. The van der Waals surface area contributed by atoms with Gasteiger partial charge in [-0.15, -0.1) is 0 Å². The Morgan fingerprint density at radius 2 is 1.05 bits per heavy atom. The Morgan fingerprint density at radius 3 is 1.75 bits per heavy atom. The molecule has 0 saturated heterocycles. The number of allylic oxidation sites excluding steroid dienone is 4. The molecule has 0 atom stereocenters. The molecule has 8 aromatic carbocycles. The van der Waals surface area contributed by atoms with E-state index in [1.807, 2.05) is 48.5 Å². The second kappa shape index (κ2) is 13.3. The minimum atomic E-state index is 0.541. The first kappa shape index (κ1) is 32.7. The highest BCUT2D eigenvalue weighted by atomic mass is 16.3. The van der Waals surface area contributed by atoms with Crippen molar-refractivity contribution in [1.29, 1.82) is 5.26 Å². The molecule has 0 bridgehead atoms. The Hall–Kier alpha value is -7.68. The first-order chi connectivity index (χ1) is 28.2. The predicted octanol–water partition coefficient (Wildman–Crippen LogP) is 13.5. The van der Waals surface area contributed by atoms with E-state index in [2.05, 4.69) is 127 Å². The van der Waals surface area contributed by atoms with Crippen molar-refractivity contribution in [2.75, 3.05) is 0 Å². The normalized spacial score (nSPS) is 12.8. The predicted molar refractivity (Wildman–Crippen MR) is 232 cm³/mol. The van der Waals surface area contributed by atoms with Crippen LogP contribution in [0.2, 0.25) is 0 Å². The molecule has 0 unspecified atom stereocenters. The van der Waals surface area contributed by atoms with Gasteiger partial charge >= 0.3 is 0 Å². The average Bonchev–Trinajstić information content (AvgIpc) is 3.67. The summed E-state index contributed by atoms with van der Waals surface area (Å²) in [4.78, 5) is 15.5. The number of rotatable bonds is 5. The lowest BCUT2D eigenvalue weighted by atomic mass is 9.93. The Balaban J connectivity index is 1.12. The van der Waals surface area contributed by atoms with E-state index < -0.39 is 0 Å². The van der Waals surface area contributed by atoms with Crippen molar-refractivity contribution in [3.05, 3.63) is 181 Å². The lowest BCUT2D eigenvalue weighted by molar-refractivity contribution is 0.669. The van der Waals surface area contributed by atoms with Gasteiger partial charge in [0.2, 0.25) is 0 Å². The molecular weight excluding hydrogens is 697 g/mol. The molecular formula is C52H32N4O. The van der Waals surface area contributed by atoms with Gasteiger partial charge in [0.25, 0.3) is 0 Å². The lowest BCUT2D eigenvalue weighted by Gasteiger charge is -2.13. The van der Waals surface area contributed by atoms with Crippen LogP contribution in [-0.4, -0.2) is 15.0 Å². The second-order valence-corrected chi connectivity index (χ2v) is 14.5. The highest BCUT2D eigenvalue weighted by Crippen LogP contribution is 2.40. The van der Waals surface area contributed by atoms with Gasteiger partial charge in [0.05, 0.1) is 11.6 Å². The minimum absolute atomic E-state index is 0.541. The summed E-state index contributed by atoms with van der Waals surface area (Å²) >= 11 is 0. The van der Waals surface area contributed by atoms with Crippen LogP contribution in [0.3, 0.4) is 0 Å². The fourth-order valence-electron chi connectivity index (χ4n) is 8.53. The van der Waals surface area contributed by atoms with Crippen LogP contribution >= 0.6 is 0 Å². The SMILES string of the molecule is N#Cc1ccccc1-c1cccc(-c2nc(-c3ccc4c(c3)oc3cccc(C5=CC=CCC5)c34)nc(-c3ccc4c5ccccc5c5ccccc5c4c3)n2)c1. The van der Waals surface area contributed by atoms with E-state index in [9.17, 15) is 5.26 Å². The molecule has 0 amide bonds. The number of benzene rings is 8. The zero-order valence-electron chi connectivity index (χ0n) is 30.8. The molecule has 0 fully saturated rings. The van der Waals surface area contributed by atoms with E-state index in [0.717, 1.165) is 68.0 Å². The number of hydrogen-bond donors (Lipinski definition) is 0. The maximum atomic E-state index is 9.90. The summed E-state index contributed by atoms with van der Waals surface area (Å²) in [5.41, 5.74) is 9.11. The van der Waals surface area contributed by atoms with E-state index in [0.29, 0.717) is 23.0 Å². The molecule has 0 saturated carbocycles. The monoisotopic (exact) mass is 728 g/mol. The maximum absolute atomic E-state index is 9.90. The number of aromatic nitrogens is 3. The topological polar surface area (TPSA) is 75.6 Å². The van der Waals surface area contributed by atoms with Crippen LogP contribution in [0, 0.1) is 11.3 Å². The Labute approximate surface area is 328 Å². The third-order valence-corrected chi connectivity index (χ3v) is 11.2. The van der Waals surface area contributed by atoms with Crippen molar-refractivity contribution in [2.24, 2.45) is 0 Å². The second-order valence-electron chi connectivity index (χ2n) is 14.5. The quantitative estimate of drug-likeness (QED) is 0.165. The summed E-state index contributed by atoms with van der Waals surface area (Å²) in [5, 5.41) is 19.2. The van der Waals surface area contributed by atoms with Crippen molar-refractivity contribution < 1.29 is 4.42 Å². The van der Waals surface area contributed by atoms with Gasteiger partial charge in [-0.1, -0.05) is 133 Å². The molecule has 10 aromatic rings. The Morgan fingerprint density at radius 1 is 0.474 bits per heavy atom. The minimum Gasteiger partial charge on any atom is -0.456 e. The molecule has 0 radical (unpaired) electrons. The van der Waals surface area contributed by atoms with Gasteiger partial charge < -0.3 is 4.42 Å². The summed E-state index contributed by atoms with van der Waals surface area (Å²) < 4.78 is 6.54. The third-order valence-electron chi connectivity index (χ3n) is 11.2. The van der Waals surface area contributed by atoms with Crippen LogP contribution in [-0.2, 0) is 0 Å². The molecule has 5 heteroatoms. The Kier molecular flexibility index (Phi) is 7.61. The lowest BCUT2D eigenvalue weighted by Crippen LogP contribution is -2.00. The highest BCUT2D eigenvalue weighted by Gasteiger charge is 2.19. The summed E-state index contributed by atoms with van der Waals surface area (Å²) in [5.74, 6) is 1.66. The highest BCUT2D eigenvalue weighted by molar-refractivity contribution is 6.25. The molecule has 1 aliphatic carbocycles. The van der Waals surface area contributed by atoms with E-state index in [4.69, 9.17) is 19.4 Å². The number of fused-ring (bicyclic) bond motifs is 9. The van der Waals surface area contributed by atoms with Crippen LogP contribution in [0.5, 0.6) is 0 Å². The Bertz CT molecular complexity index is 3350. The van der Waals surface area contributed by atoms with Gasteiger partial charge in [0, 0.05) is 27.5 Å². The van der Waals surface area contributed by atoms with Crippen molar-refractivity contribution in [2.45, 2.75) is 12.8 Å². The molecule has 2 heterocycles. The van der Waals surface area contributed by atoms with Gasteiger partial charge in [0.1, 0.15) is 11.2 Å². The van der Waals surface area contributed by atoms with Gasteiger partial charge in [-0.2, -0.15) is 5.26 Å². The van der Waals surface area contributed by atoms with Gasteiger partial charge in [-0.3, -0.25) is 0 Å². The molecule has 11 rings (SSSR count). The first-order valence-corrected chi connectivity index (χ1v) is 19.2. The van der Waals surface area contributed by atoms with E-state index in [-0.39, 0.29) is 0 Å². The molecule has 2 aromatic heterocycles. The zero-order chi connectivity index (χ0) is 37.9. The van der Waals surface area contributed by atoms with Crippen molar-refractivity contribution >= 4 is 59.8 Å². The van der Waals surface area contributed by atoms with E-state index >= 15 is 0 Å². The number of nitriles is 1. The maximum Gasteiger partial charge on any atom is 0.164 e. The van der Waals surface area contributed by atoms with Crippen LogP contribution in [0.1, 0.15) is 24.0 Å². The van der Waals surface area contributed by atoms with Crippen LogP contribution in [0.4, 0.5) is 0 Å². The average molecular weight is 729 g/mol. The number of nitrogens with zero attached hydrogens (tertiary/aromatic N) is 4. The van der Waals surface area contributed by atoms with Crippen molar-refractivity contribution in [3.8, 4) is 51.4 Å². The number of furan rings is 1. The van der Waals surface area contributed by atoms with E-state index in [1.54, 1.807) is 0 Å². The van der Waals surface area contributed by atoms with Gasteiger partial charge in [0.15, 0.2) is 17.5 Å². The zero-order valence-corrected chi connectivity index (χ0v) is 30.8. The van der Waals surface area contributed by atoms with E-state index in [1.165, 1.54) is 38.1 Å². The first-order valence-electron chi connectivity index (χ1n) is 19.2. The fraction of sp³-hybridized carbons (Fsp3) is 0.0385. The third kappa shape index (κ3) is 5.50. The van der Waals surface area contributed by atoms with Crippen LogP contribution in [0.15, 0.2) is 174 Å². The molecule has 266 valence electrons. The summed E-state index contributed by atoms with van der Waals surface area (Å²) in [6, 6.07) is 54.4. The number of hydrogen-bond acceptors (Lipinski definition) is 5. The molecule has 0 aliphatic heterocycles. The van der Waals surface area contributed by atoms with Gasteiger partial charge in [-0.25, -0.2) is 15.0 Å². The molecule has 1 aliphatic rings. The van der Waals surface area contributed by atoms with Crippen LogP contribution in [0.25, 0.3) is 105 Å². The molecule has 0 spiro atoms. The summed E-state index contributed by atoms with van der Waals surface area (Å²) in [7, 11) is 0. The van der Waals surface area contributed by atoms with Crippen molar-refractivity contribution in [3.63, 3.8) is 0 Å². The summed E-state index contributed by atoms with van der Waals surface area (Å²) in [6.45, 7) is 0. The molecule has 0 N–H and O–H groups in total. The molecule has 57 heavy (non-hydrogen) atoms. The van der Waals surface area contributed by atoms with Crippen LogP contribution < -0.4 is 0 Å². The largest absolute Gasteiger partial charge is 0.456 e. The molecule has 5 nitrogen and oxygen atoms in total. The standard InChI is InChI=1S/C52H32N4O/c53-31-37-14-4-5-17-38(37)33-15-10-16-34(28-33)50-54-51(35-24-26-44-42-20-7-6-18-40(42)41-19-8-9-21-43(41)46(44)29-35)56-52(55-50)36-25-27-45-48(30-36)57-47-23-11-22-39(49(45)47)32-12-2-1-3-13-32/h1-2,4-12,14-30H,3,13H2. The van der Waals surface area contributed by atoms with Gasteiger partial charge in [-0.05, 0) is 104 Å². The fourth-order valence-corrected chi connectivity index (χ4v) is 8.53.